The third-order valence-electron chi connectivity index (χ3n) is 5.65. The molecule has 2 N–H and O–H groups in total. The van der Waals surface area contributed by atoms with Gasteiger partial charge in [0.25, 0.3) is 5.69 Å². The van der Waals surface area contributed by atoms with E-state index in [4.69, 9.17) is 4.74 Å². The molecule has 38 heavy (non-hydrogen) atoms. The second kappa shape index (κ2) is 12.2. The number of aromatic nitrogens is 3. The molecule has 1 heterocycles. The summed E-state index contributed by atoms with van der Waals surface area (Å²) in [6.07, 6.45) is 0. The number of nitro groups is 1. The van der Waals surface area contributed by atoms with Crippen LogP contribution in [-0.4, -0.2) is 38.0 Å². The molecule has 4 rings (SSSR count). The molecule has 3 aromatic carbocycles. The first-order valence-corrected chi connectivity index (χ1v) is 13.0. The normalized spacial score (nSPS) is 10.7. The van der Waals surface area contributed by atoms with Crippen LogP contribution in [-0.2, 0) is 11.3 Å². The highest BCUT2D eigenvalue weighted by Crippen LogP contribution is 2.25. The Kier molecular flexibility index (Phi) is 8.59. The van der Waals surface area contributed by atoms with Crippen LogP contribution in [0.25, 0.3) is 5.69 Å². The molecule has 4 aromatic rings. The van der Waals surface area contributed by atoms with Gasteiger partial charge in [-0.2, -0.15) is 0 Å². The number of rotatable bonds is 11. The summed E-state index contributed by atoms with van der Waals surface area (Å²) in [6, 6.07) is 20.0. The topological polar surface area (TPSA) is 124 Å². The van der Waals surface area contributed by atoms with Crippen molar-refractivity contribution in [3.8, 4) is 11.4 Å². The van der Waals surface area contributed by atoms with Crippen molar-refractivity contribution in [1.29, 1.82) is 0 Å². The molecular weight excluding hydrogens is 504 g/mol. The maximum Gasteiger partial charge on any atom is 0.271 e. The van der Waals surface area contributed by atoms with Crippen LogP contribution in [0.1, 0.15) is 23.9 Å². The Bertz CT molecular complexity index is 1420. The van der Waals surface area contributed by atoms with E-state index in [0.29, 0.717) is 29.8 Å². The lowest BCUT2D eigenvalue weighted by atomic mass is 10.2. The number of carbonyl (C=O) groups is 1. The van der Waals surface area contributed by atoms with Gasteiger partial charge in [0.2, 0.25) is 5.91 Å². The van der Waals surface area contributed by atoms with E-state index in [0.717, 1.165) is 28.3 Å². The van der Waals surface area contributed by atoms with Crippen molar-refractivity contribution in [3.63, 3.8) is 0 Å². The lowest BCUT2D eigenvalue weighted by molar-refractivity contribution is -0.384. The van der Waals surface area contributed by atoms with Crippen molar-refractivity contribution in [2.75, 3.05) is 23.0 Å². The minimum atomic E-state index is -0.489. The molecule has 0 aliphatic heterocycles. The zero-order valence-electron chi connectivity index (χ0n) is 21.3. The Morgan fingerprint density at radius 1 is 1.05 bits per heavy atom. The zero-order valence-corrected chi connectivity index (χ0v) is 22.1. The fourth-order valence-corrected chi connectivity index (χ4v) is 4.42. The van der Waals surface area contributed by atoms with Gasteiger partial charge >= 0.3 is 0 Å². The highest BCUT2D eigenvalue weighted by Gasteiger charge is 2.17. The lowest BCUT2D eigenvalue weighted by Crippen LogP contribution is -2.15. The fraction of sp³-hybridized carbons (Fsp3) is 0.222. The van der Waals surface area contributed by atoms with Crippen molar-refractivity contribution in [2.45, 2.75) is 32.5 Å². The minimum Gasteiger partial charge on any atom is -0.494 e. The molecule has 0 aliphatic carbocycles. The summed E-state index contributed by atoms with van der Waals surface area (Å²) in [5.41, 5.74) is 3.97. The number of thioether (sulfide) groups is 1. The van der Waals surface area contributed by atoms with E-state index in [1.165, 1.54) is 23.9 Å². The second-order valence-electron chi connectivity index (χ2n) is 8.47. The van der Waals surface area contributed by atoms with Gasteiger partial charge in [0.15, 0.2) is 11.0 Å². The van der Waals surface area contributed by atoms with Gasteiger partial charge in [-0.25, -0.2) is 0 Å². The van der Waals surface area contributed by atoms with E-state index >= 15 is 0 Å². The molecule has 0 saturated heterocycles. The van der Waals surface area contributed by atoms with Crippen LogP contribution in [0.5, 0.6) is 5.75 Å². The van der Waals surface area contributed by atoms with Crippen LogP contribution in [0, 0.1) is 24.0 Å². The fourth-order valence-electron chi connectivity index (χ4n) is 3.65. The Hall–Kier alpha value is -4.38. The number of nitro benzene ring substituents is 1. The van der Waals surface area contributed by atoms with Crippen LogP contribution in [0.3, 0.4) is 0 Å². The number of hydrogen-bond donors (Lipinski definition) is 2. The molecular formula is C27H28N6O4S. The van der Waals surface area contributed by atoms with Crippen molar-refractivity contribution >= 4 is 34.7 Å². The van der Waals surface area contributed by atoms with Gasteiger partial charge in [-0.15, -0.1) is 10.2 Å². The monoisotopic (exact) mass is 532 g/mol. The van der Waals surface area contributed by atoms with Gasteiger partial charge in [-0.1, -0.05) is 35.5 Å². The number of nitrogens with zero attached hydrogens (tertiary/aromatic N) is 4. The summed E-state index contributed by atoms with van der Waals surface area (Å²) in [7, 11) is 0. The average Bonchev–Trinajstić information content (AvgIpc) is 3.31. The quantitative estimate of drug-likeness (QED) is 0.147. The van der Waals surface area contributed by atoms with Crippen molar-refractivity contribution < 1.29 is 14.5 Å². The first-order valence-electron chi connectivity index (χ1n) is 12.0. The predicted molar refractivity (Wildman–Crippen MR) is 148 cm³/mol. The standard InChI is InChI=1S/C27H28N6O4S/c1-4-37-23-13-8-20(9-14-23)28-16-25-30-31-27(32(25)21-10-5-18(2)6-11-21)38-17-26(34)29-24-15-22(33(35)36)12-7-19(24)3/h5-15,28H,4,16-17H2,1-3H3,(H,29,34). The van der Waals surface area contributed by atoms with Crippen molar-refractivity contribution in [3.05, 3.63) is 93.8 Å². The summed E-state index contributed by atoms with van der Waals surface area (Å²) < 4.78 is 7.41. The first-order chi connectivity index (χ1) is 18.3. The second-order valence-corrected chi connectivity index (χ2v) is 9.42. The largest absolute Gasteiger partial charge is 0.494 e. The molecule has 0 aliphatic rings. The molecule has 0 bridgehead atoms. The summed E-state index contributed by atoms with van der Waals surface area (Å²) in [5.74, 6) is 1.24. The molecule has 10 nitrogen and oxygen atoms in total. The smallest absolute Gasteiger partial charge is 0.271 e. The molecule has 0 atom stereocenters. The Morgan fingerprint density at radius 3 is 2.47 bits per heavy atom. The summed E-state index contributed by atoms with van der Waals surface area (Å²) in [4.78, 5) is 23.3. The summed E-state index contributed by atoms with van der Waals surface area (Å²) in [5, 5.41) is 26.5. The number of benzene rings is 3. The number of amides is 1. The molecule has 196 valence electrons. The molecule has 11 heteroatoms. The van der Waals surface area contributed by atoms with Gasteiger partial charge < -0.3 is 15.4 Å². The first kappa shape index (κ1) is 26.7. The highest BCUT2D eigenvalue weighted by atomic mass is 32.2. The zero-order chi connectivity index (χ0) is 27.1. The highest BCUT2D eigenvalue weighted by molar-refractivity contribution is 7.99. The molecule has 1 aromatic heterocycles. The SMILES string of the molecule is CCOc1ccc(NCc2nnc(SCC(=O)Nc3cc([N+](=O)[O-])ccc3C)n2-c2ccc(C)cc2)cc1. The van der Waals surface area contributed by atoms with Crippen LogP contribution >= 0.6 is 11.8 Å². The maximum absolute atomic E-state index is 12.7. The molecule has 0 unspecified atom stereocenters. The van der Waals surface area contributed by atoms with E-state index in [9.17, 15) is 14.9 Å². The van der Waals surface area contributed by atoms with Crippen LogP contribution in [0.4, 0.5) is 17.1 Å². The number of nitrogens with one attached hydrogen (secondary N) is 2. The van der Waals surface area contributed by atoms with Crippen LogP contribution in [0.2, 0.25) is 0 Å². The maximum atomic E-state index is 12.7. The summed E-state index contributed by atoms with van der Waals surface area (Å²) >= 11 is 1.24. The van der Waals surface area contributed by atoms with Gasteiger partial charge in [0, 0.05) is 23.5 Å². The van der Waals surface area contributed by atoms with E-state index < -0.39 is 4.92 Å². The van der Waals surface area contributed by atoms with Crippen molar-refractivity contribution in [1.82, 2.24) is 14.8 Å². The van der Waals surface area contributed by atoms with Crippen LogP contribution < -0.4 is 15.4 Å². The predicted octanol–water partition coefficient (Wildman–Crippen LogP) is 5.53. The van der Waals surface area contributed by atoms with Gasteiger partial charge in [-0.05, 0) is 62.7 Å². The number of ether oxygens (including phenoxy) is 1. The number of hydrogen-bond acceptors (Lipinski definition) is 8. The number of carbonyl (C=O) groups excluding carboxylic acids is 1. The van der Waals surface area contributed by atoms with Gasteiger partial charge in [0.1, 0.15) is 5.75 Å². The lowest BCUT2D eigenvalue weighted by Gasteiger charge is -2.12. The average molecular weight is 533 g/mol. The van der Waals surface area contributed by atoms with Crippen LogP contribution in [0.15, 0.2) is 71.9 Å². The molecule has 0 saturated carbocycles. The minimum absolute atomic E-state index is 0.0540. The van der Waals surface area contributed by atoms with E-state index in [1.54, 1.807) is 13.0 Å². The third-order valence-corrected chi connectivity index (χ3v) is 6.58. The Balaban J connectivity index is 1.49. The molecule has 0 fully saturated rings. The van der Waals surface area contributed by atoms with Crippen molar-refractivity contribution in [2.24, 2.45) is 0 Å². The van der Waals surface area contributed by atoms with E-state index in [2.05, 4.69) is 20.8 Å². The van der Waals surface area contributed by atoms with E-state index in [1.807, 2.05) is 66.9 Å². The molecule has 0 radical (unpaired) electrons. The Labute approximate surface area is 224 Å². The number of non-ortho nitro benzene ring substituents is 1. The Morgan fingerprint density at radius 2 is 1.79 bits per heavy atom. The number of aryl methyl sites for hydroxylation is 2. The van der Waals surface area contributed by atoms with E-state index in [-0.39, 0.29) is 17.3 Å². The van der Waals surface area contributed by atoms with Gasteiger partial charge in [0.05, 0.1) is 29.5 Å². The molecule has 1 amide bonds. The van der Waals surface area contributed by atoms with Gasteiger partial charge in [-0.3, -0.25) is 19.5 Å². The summed E-state index contributed by atoms with van der Waals surface area (Å²) in [6.45, 7) is 6.76. The third kappa shape index (κ3) is 6.68. The number of anilines is 2. The molecule has 0 spiro atoms.